The van der Waals surface area contributed by atoms with Crippen molar-refractivity contribution in [2.24, 2.45) is 11.8 Å². The van der Waals surface area contributed by atoms with Gasteiger partial charge < -0.3 is 29.3 Å². The molecule has 0 aromatic heterocycles. The maximum atomic E-state index is 14.6. The van der Waals surface area contributed by atoms with Crippen LogP contribution in [0.1, 0.15) is 59.8 Å². The Morgan fingerprint density at radius 1 is 1.11 bits per heavy atom. The number of unbranched alkanes of at least 4 members (excludes halogenated alkanes) is 3. The standard InChI is InChI=1S/C34H48BrN3O6/c1-7-18-36(23-14-16-24(17-15-23)43-9-3)30(40)26-27-31(41)37(20-12-10-11-13-21-39)29(34(27)22-25(35)28(26)44-34)32(42)38(19-8-2)33(4,5)6/h7-8,14-17,25-29,39H,1-2,9-13,18-22H2,3-6H3/t25?,26-,27+,28-,29?,34?/m1/s1. The van der Waals surface area contributed by atoms with Gasteiger partial charge in [0.05, 0.1) is 24.5 Å². The molecule has 3 saturated heterocycles. The molecule has 2 bridgehead atoms. The lowest BCUT2D eigenvalue weighted by atomic mass is 9.70. The van der Waals surface area contributed by atoms with Gasteiger partial charge in [0.1, 0.15) is 17.4 Å². The summed E-state index contributed by atoms with van der Waals surface area (Å²) in [7, 11) is 0. The third-order valence-corrected chi connectivity index (χ3v) is 9.88. The molecule has 3 unspecified atom stereocenters. The molecule has 0 saturated carbocycles. The molecule has 1 aromatic rings. The van der Waals surface area contributed by atoms with Crippen molar-refractivity contribution in [2.45, 2.75) is 87.9 Å². The summed E-state index contributed by atoms with van der Waals surface area (Å²) < 4.78 is 12.3. The molecular weight excluding hydrogens is 626 g/mol. The van der Waals surface area contributed by atoms with E-state index in [0.29, 0.717) is 50.4 Å². The Morgan fingerprint density at radius 3 is 2.36 bits per heavy atom. The van der Waals surface area contributed by atoms with Crippen LogP contribution in [0.15, 0.2) is 49.6 Å². The Morgan fingerprint density at radius 2 is 1.77 bits per heavy atom. The van der Waals surface area contributed by atoms with Crippen molar-refractivity contribution in [1.82, 2.24) is 9.80 Å². The van der Waals surface area contributed by atoms with Crippen molar-refractivity contribution >= 4 is 39.3 Å². The van der Waals surface area contributed by atoms with Crippen LogP contribution in [0.3, 0.4) is 0 Å². The summed E-state index contributed by atoms with van der Waals surface area (Å²) in [6, 6.07) is 6.45. The molecule has 3 heterocycles. The van der Waals surface area contributed by atoms with Crippen LogP contribution >= 0.6 is 15.9 Å². The van der Waals surface area contributed by atoms with E-state index in [0.717, 1.165) is 12.8 Å². The number of aliphatic hydroxyl groups is 1. The van der Waals surface area contributed by atoms with Gasteiger partial charge in [0, 0.05) is 42.3 Å². The first kappa shape index (κ1) is 34.2. The molecule has 3 fully saturated rings. The molecule has 3 aliphatic heterocycles. The number of hydrogen-bond donors (Lipinski definition) is 1. The molecule has 44 heavy (non-hydrogen) atoms. The summed E-state index contributed by atoms with van der Waals surface area (Å²) in [5.41, 5.74) is -0.990. The first-order chi connectivity index (χ1) is 21.0. The highest BCUT2D eigenvalue weighted by atomic mass is 79.9. The van der Waals surface area contributed by atoms with Crippen molar-refractivity contribution < 1.29 is 29.0 Å². The molecule has 10 heteroatoms. The number of amides is 3. The van der Waals surface area contributed by atoms with Gasteiger partial charge in [-0.05, 0) is 71.2 Å². The van der Waals surface area contributed by atoms with E-state index in [2.05, 4.69) is 29.1 Å². The third-order valence-electron chi connectivity index (χ3n) is 9.04. The first-order valence-corrected chi connectivity index (χ1v) is 16.7. The quantitative estimate of drug-likeness (QED) is 0.164. The molecule has 1 aromatic carbocycles. The zero-order valence-electron chi connectivity index (χ0n) is 26.5. The van der Waals surface area contributed by atoms with Crippen LogP contribution in [0.2, 0.25) is 0 Å². The molecule has 1 N–H and O–H groups in total. The topological polar surface area (TPSA) is 99.6 Å². The van der Waals surface area contributed by atoms with Crippen molar-refractivity contribution in [1.29, 1.82) is 0 Å². The van der Waals surface area contributed by atoms with E-state index in [1.54, 1.807) is 26.9 Å². The number of rotatable bonds is 15. The fourth-order valence-corrected chi connectivity index (χ4v) is 8.11. The molecule has 0 radical (unpaired) electrons. The molecule has 0 aliphatic carbocycles. The van der Waals surface area contributed by atoms with Gasteiger partial charge in [-0.3, -0.25) is 14.4 Å². The van der Waals surface area contributed by atoms with E-state index in [4.69, 9.17) is 9.47 Å². The van der Waals surface area contributed by atoms with Gasteiger partial charge >= 0.3 is 0 Å². The summed E-state index contributed by atoms with van der Waals surface area (Å²) in [4.78, 5) is 48.5. The fraction of sp³-hybridized carbons (Fsp3) is 0.618. The Hall–Kier alpha value is -2.69. The third kappa shape index (κ3) is 6.35. The van der Waals surface area contributed by atoms with E-state index >= 15 is 0 Å². The Labute approximate surface area is 270 Å². The SMILES string of the molecule is C=CCN(C(=O)[C@H]1[C@@H]2OC3(CC2Br)C(C(=O)N(CC=C)C(C)(C)C)N(CCCCCCO)C(=O)[C@H]13)c1ccc(OCC)cc1. The van der Waals surface area contributed by atoms with Crippen LogP contribution in [0.5, 0.6) is 5.75 Å². The average Bonchev–Trinajstić information content (AvgIpc) is 3.57. The van der Waals surface area contributed by atoms with Gasteiger partial charge in [-0.1, -0.05) is 40.9 Å². The minimum absolute atomic E-state index is 0.123. The number of fused-ring (bicyclic) bond motifs is 1. The second-order valence-electron chi connectivity index (χ2n) is 12.9. The van der Waals surface area contributed by atoms with Gasteiger partial charge in [-0.2, -0.15) is 0 Å². The zero-order valence-corrected chi connectivity index (χ0v) is 28.1. The zero-order chi connectivity index (χ0) is 32.2. The van der Waals surface area contributed by atoms with E-state index < -0.39 is 35.1 Å². The summed E-state index contributed by atoms with van der Waals surface area (Å²) in [6.45, 7) is 17.2. The molecule has 3 amide bonds. The number of carbonyl (C=O) groups is 3. The lowest BCUT2D eigenvalue weighted by Crippen LogP contribution is -2.60. The van der Waals surface area contributed by atoms with Crippen LogP contribution in [0.4, 0.5) is 5.69 Å². The summed E-state index contributed by atoms with van der Waals surface area (Å²) in [6.07, 6.45) is 6.28. The molecule has 9 nitrogen and oxygen atoms in total. The molecule has 242 valence electrons. The van der Waals surface area contributed by atoms with Crippen LogP contribution < -0.4 is 9.64 Å². The largest absolute Gasteiger partial charge is 0.494 e. The highest BCUT2D eigenvalue weighted by Gasteiger charge is 2.77. The van der Waals surface area contributed by atoms with Gasteiger partial charge in [-0.25, -0.2) is 0 Å². The molecule has 1 spiro atoms. The Bertz CT molecular complexity index is 1220. The lowest BCUT2D eigenvalue weighted by molar-refractivity contribution is -0.151. The number of alkyl halides is 1. The van der Waals surface area contributed by atoms with Gasteiger partial charge in [0.15, 0.2) is 0 Å². The van der Waals surface area contributed by atoms with Crippen molar-refractivity contribution in [3.63, 3.8) is 0 Å². The number of hydrogen-bond acceptors (Lipinski definition) is 6. The summed E-state index contributed by atoms with van der Waals surface area (Å²) >= 11 is 3.78. The van der Waals surface area contributed by atoms with Crippen molar-refractivity contribution in [2.75, 3.05) is 37.7 Å². The van der Waals surface area contributed by atoms with Crippen LogP contribution in [-0.2, 0) is 19.1 Å². The number of aliphatic hydroxyl groups excluding tert-OH is 1. The molecule has 4 rings (SSSR count). The van der Waals surface area contributed by atoms with Gasteiger partial charge in [-0.15, -0.1) is 13.2 Å². The normalized spacial score (nSPS) is 27.3. The number of halogens is 1. The predicted molar refractivity (Wildman–Crippen MR) is 175 cm³/mol. The van der Waals surface area contributed by atoms with Crippen molar-refractivity contribution in [3.05, 3.63) is 49.6 Å². The van der Waals surface area contributed by atoms with Crippen LogP contribution in [0.25, 0.3) is 0 Å². The highest BCUT2D eigenvalue weighted by Crippen LogP contribution is 2.60. The maximum Gasteiger partial charge on any atom is 0.249 e. The predicted octanol–water partition coefficient (Wildman–Crippen LogP) is 4.72. The number of nitrogens with zero attached hydrogens (tertiary/aromatic N) is 3. The van der Waals surface area contributed by atoms with E-state index in [9.17, 15) is 19.5 Å². The maximum absolute atomic E-state index is 14.6. The number of benzene rings is 1. The monoisotopic (exact) mass is 673 g/mol. The van der Waals surface area contributed by atoms with Gasteiger partial charge in [0.2, 0.25) is 17.7 Å². The minimum Gasteiger partial charge on any atom is -0.494 e. The summed E-state index contributed by atoms with van der Waals surface area (Å²) in [5.74, 6) is -1.48. The highest BCUT2D eigenvalue weighted by molar-refractivity contribution is 9.09. The van der Waals surface area contributed by atoms with E-state index in [-0.39, 0.29) is 35.7 Å². The second kappa shape index (κ2) is 14.2. The van der Waals surface area contributed by atoms with Gasteiger partial charge in [0.25, 0.3) is 0 Å². The fourth-order valence-electron chi connectivity index (χ4n) is 7.17. The van der Waals surface area contributed by atoms with E-state index in [1.807, 2.05) is 52.0 Å². The molecule has 3 aliphatic rings. The molecule has 6 atom stereocenters. The van der Waals surface area contributed by atoms with E-state index in [1.165, 1.54) is 0 Å². The minimum atomic E-state index is -1.14. The first-order valence-electron chi connectivity index (χ1n) is 15.8. The Balaban J connectivity index is 1.74. The molecular formula is C34H48BrN3O6. The smallest absolute Gasteiger partial charge is 0.249 e. The average molecular weight is 675 g/mol. The number of likely N-dealkylation sites (tertiary alicyclic amines) is 1. The second-order valence-corrected chi connectivity index (χ2v) is 14.1. The van der Waals surface area contributed by atoms with Crippen LogP contribution in [0, 0.1) is 11.8 Å². The number of ether oxygens (including phenoxy) is 2. The van der Waals surface area contributed by atoms with Crippen molar-refractivity contribution in [3.8, 4) is 5.75 Å². The Kier molecular flexibility index (Phi) is 11.0. The lowest BCUT2D eigenvalue weighted by Gasteiger charge is -2.42. The number of anilines is 1. The van der Waals surface area contributed by atoms with Crippen LogP contribution in [-0.4, -0.2) is 93.6 Å². The summed E-state index contributed by atoms with van der Waals surface area (Å²) in [5, 5.41) is 9.22. The number of carbonyl (C=O) groups excluding carboxylic acids is 3.